The fraction of sp³-hybridized carbons (Fsp3) is 0.423. The summed E-state index contributed by atoms with van der Waals surface area (Å²) in [6.45, 7) is 5.71. The molecule has 0 saturated carbocycles. The minimum Gasteiger partial charge on any atom is -0.444 e. The Morgan fingerprint density at radius 1 is 1.22 bits per heavy atom. The Bertz CT molecular complexity index is 1120. The Hall–Kier alpha value is -2.62. The molecule has 2 amide bonds. The number of carbonyl (C=O) groups is 3. The van der Waals surface area contributed by atoms with Crippen molar-refractivity contribution >= 4 is 46.8 Å². The number of carbonyl (C=O) groups excluding carboxylic acids is 3. The van der Waals surface area contributed by atoms with Crippen molar-refractivity contribution in [1.29, 1.82) is 0 Å². The van der Waals surface area contributed by atoms with Gasteiger partial charge >= 0.3 is 6.09 Å². The van der Waals surface area contributed by atoms with Crippen molar-refractivity contribution in [2.75, 3.05) is 24.4 Å². The first-order valence-corrected chi connectivity index (χ1v) is 12.9. The van der Waals surface area contributed by atoms with Gasteiger partial charge in [0.05, 0.1) is 17.8 Å². The second-order valence-corrected chi connectivity index (χ2v) is 10.9. The molecule has 1 aliphatic rings. The van der Waals surface area contributed by atoms with Gasteiger partial charge in [0.25, 0.3) is 5.91 Å². The number of ketones is 1. The number of benzene rings is 2. The Morgan fingerprint density at radius 3 is 2.56 bits per heavy atom. The number of hydrogen-bond acceptors (Lipinski definition) is 6. The van der Waals surface area contributed by atoms with Crippen molar-refractivity contribution in [3.8, 4) is 0 Å². The van der Waals surface area contributed by atoms with Crippen LogP contribution in [0.4, 0.5) is 14.9 Å². The van der Waals surface area contributed by atoms with Gasteiger partial charge in [-0.3, -0.25) is 9.59 Å². The molecule has 1 aliphatic heterocycles. The van der Waals surface area contributed by atoms with E-state index in [1.54, 1.807) is 45.0 Å². The first kappa shape index (κ1) is 28.0. The van der Waals surface area contributed by atoms with Gasteiger partial charge in [0, 0.05) is 35.8 Å². The molecule has 0 spiro atoms. The monoisotopic (exact) mass is 536 g/mol. The lowest BCUT2D eigenvalue weighted by Gasteiger charge is -2.27. The number of fused-ring (bicyclic) bond motifs is 1. The van der Waals surface area contributed by atoms with Crippen LogP contribution in [0, 0.1) is 5.82 Å². The summed E-state index contributed by atoms with van der Waals surface area (Å²) in [5.74, 6) is -1.25. The number of ether oxygens (including phenoxy) is 2. The van der Waals surface area contributed by atoms with Crippen LogP contribution in [-0.2, 0) is 20.8 Å². The highest BCUT2D eigenvalue weighted by molar-refractivity contribution is 7.99. The minimum absolute atomic E-state index is 0.0853. The molecule has 7 nitrogen and oxygen atoms in total. The number of nitrogens with zero attached hydrogens (tertiary/aromatic N) is 1. The predicted molar refractivity (Wildman–Crippen MR) is 138 cm³/mol. The number of hydrogen-bond donors (Lipinski definition) is 1. The highest BCUT2D eigenvalue weighted by atomic mass is 35.5. The number of halogens is 2. The van der Waals surface area contributed by atoms with E-state index in [0.29, 0.717) is 28.6 Å². The van der Waals surface area contributed by atoms with E-state index in [2.05, 4.69) is 5.32 Å². The van der Waals surface area contributed by atoms with Crippen LogP contribution in [0.3, 0.4) is 0 Å². The zero-order valence-electron chi connectivity index (χ0n) is 20.7. The molecule has 0 aromatic heterocycles. The van der Waals surface area contributed by atoms with Crippen LogP contribution < -0.4 is 10.2 Å². The quantitative estimate of drug-likeness (QED) is 0.348. The SMILES string of the molecule is COCCCC(=O)c1cc2c(cc1F)SC[C@H](NC(=O)OC(C)(C)C)C(=O)N2Cc1ccc(Cl)cc1. The lowest BCUT2D eigenvalue weighted by molar-refractivity contribution is -0.120. The lowest BCUT2D eigenvalue weighted by Crippen LogP contribution is -2.50. The summed E-state index contributed by atoms with van der Waals surface area (Å²) in [6, 6.07) is 8.77. The largest absolute Gasteiger partial charge is 0.444 e. The molecule has 0 radical (unpaired) electrons. The number of methoxy groups -OCH3 is 1. The molecular formula is C26H30ClFN2O5S. The van der Waals surface area contributed by atoms with Crippen LogP contribution in [0.1, 0.15) is 49.5 Å². The molecule has 1 heterocycles. The van der Waals surface area contributed by atoms with Gasteiger partial charge in [-0.15, -0.1) is 11.8 Å². The molecule has 0 saturated heterocycles. The van der Waals surface area contributed by atoms with E-state index >= 15 is 0 Å². The van der Waals surface area contributed by atoms with Crippen LogP contribution in [-0.4, -0.2) is 48.9 Å². The molecule has 2 aromatic rings. The Kier molecular flexibility index (Phi) is 9.38. The summed E-state index contributed by atoms with van der Waals surface area (Å²) in [5.41, 5.74) is 0.361. The molecule has 2 aromatic carbocycles. The van der Waals surface area contributed by atoms with E-state index in [-0.39, 0.29) is 30.1 Å². The number of anilines is 1. The molecule has 1 atom stereocenters. The van der Waals surface area contributed by atoms with E-state index in [0.717, 1.165) is 5.56 Å². The van der Waals surface area contributed by atoms with Crippen molar-refractivity contribution < 1.29 is 28.2 Å². The number of nitrogens with one attached hydrogen (secondary N) is 1. The van der Waals surface area contributed by atoms with E-state index in [1.165, 1.54) is 35.9 Å². The Balaban J connectivity index is 1.97. The molecule has 194 valence electrons. The van der Waals surface area contributed by atoms with E-state index in [1.807, 2.05) is 0 Å². The zero-order chi connectivity index (χ0) is 26.5. The molecule has 1 N–H and O–H groups in total. The fourth-order valence-corrected chi connectivity index (χ4v) is 4.84. The third-order valence-electron chi connectivity index (χ3n) is 5.31. The summed E-state index contributed by atoms with van der Waals surface area (Å²) < 4.78 is 25.3. The summed E-state index contributed by atoms with van der Waals surface area (Å²) in [7, 11) is 1.53. The fourth-order valence-electron chi connectivity index (χ4n) is 3.64. The normalized spacial score (nSPS) is 15.8. The summed E-state index contributed by atoms with van der Waals surface area (Å²) in [4.78, 5) is 40.8. The van der Waals surface area contributed by atoms with Crippen molar-refractivity contribution in [1.82, 2.24) is 5.32 Å². The Labute approximate surface area is 219 Å². The van der Waals surface area contributed by atoms with Gasteiger partial charge in [0.2, 0.25) is 0 Å². The molecule has 0 bridgehead atoms. The maximum Gasteiger partial charge on any atom is 0.408 e. The van der Waals surface area contributed by atoms with Crippen LogP contribution in [0.25, 0.3) is 0 Å². The number of thioether (sulfide) groups is 1. The maximum absolute atomic E-state index is 15.0. The van der Waals surface area contributed by atoms with Gasteiger partial charge in [-0.25, -0.2) is 9.18 Å². The molecule has 10 heteroatoms. The minimum atomic E-state index is -0.923. The summed E-state index contributed by atoms with van der Waals surface area (Å²) >= 11 is 7.24. The van der Waals surface area contributed by atoms with Crippen molar-refractivity contribution in [2.24, 2.45) is 0 Å². The van der Waals surface area contributed by atoms with Gasteiger partial charge in [-0.1, -0.05) is 23.7 Å². The first-order valence-electron chi connectivity index (χ1n) is 11.5. The number of alkyl carbamates (subject to hydrolysis) is 1. The smallest absolute Gasteiger partial charge is 0.408 e. The Morgan fingerprint density at radius 2 is 1.92 bits per heavy atom. The van der Waals surface area contributed by atoms with E-state index in [9.17, 15) is 18.8 Å². The molecule has 36 heavy (non-hydrogen) atoms. The van der Waals surface area contributed by atoms with Gasteiger partial charge in [-0.05, 0) is 57.0 Å². The van der Waals surface area contributed by atoms with E-state index < -0.39 is 29.5 Å². The average molecular weight is 537 g/mol. The van der Waals surface area contributed by atoms with Crippen molar-refractivity contribution in [2.45, 2.75) is 56.7 Å². The number of amides is 2. The van der Waals surface area contributed by atoms with E-state index in [4.69, 9.17) is 21.1 Å². The molecule has 3 rings (SSSR count). The van der Waals surface area contributed by atoms with Crippen LogP contribution in [0.15, 0.2) is 41.3 Å². The van der Waals surface area contributed by atoms with Crippen molar-refractivity contribution in [3.05, 3.63) is 58.4 Å². The van der Waals surface area contributed by atoms with Gasteiger partial charge in [-0.2, -0.15) is 0 Å². The molecule has 0 fully saturated rings. The lowest BCUT2D eigenvalue weighted by atomic mass is 10.0. The summed E-state index contributed by atoms with van der Waals surface area (Å²) in [6.07, 6.45) is -0.153. The zero-order valence-corrected chi connectivity index (χ0v) is 22.3. The number of rotatable bonds is 8. The standard InChI is InChI=1S/C26H30ClFN2O5S/c1-26(2,3)35-25(33)29-20-15-36-23-13-19(28)18(22(31)6-5-11-34-4)12-21(23)30(24(20)32)14-16-7-9-17(27)10-8-16/h7-10,12-13,20H,5-6,11,14-15H2,1-4H3,(H,29,33)/t20-/m0/s1. The van der Waals surface area contributed by atoms with Gasteiger partial charge in [0.1, 0.15) is 17.5 Å². The average Bonchev–Trinajstić information content (AvgIpc) is 2.91. The molecular weight excluding hydrogens is 507 g/mol. The highest BCUT2D eigenvalue weighted by Gasteiger charge is 2.34. The van der Waals surface area contributed by atoms with Crippen molar-refractivity contribution in [3.63, 3.8) is 0 Å². The molecule has 0 unspecified atom stereocenters. The van der Waals surface area contributed by atoms with Crippen LogP contribution >= 0.6 is 23.4 Å². The highest BCUT2D eigenvalue weighted by Crippen LogP contribution is 2.38. The second kappa shape index (κ2) is 12.1. The predicted octanol–water partition coefficient (Wildman–Crippen LogP) is 5.62. The summed E-state index contributed by atoms with van der Waals surface area (Å²) in [5, 5.41) is 3.19. The van der Waals surface area contributed by atoms with Gasteiger partial charge in [0.15, 0.2) is 5.78 Å². The van der Waals surface area contributed by atoms with Crippen LogP contribution in [0.5, 0.6) is 0 Å². The van der Waals surface area contributed by atoms with Gasteiger partial charge < -0.3 is 19.7 Å². The third kappa shape index (κ3) is 7.44. The topological polar surface area (TPSA) is 84.9 Å². The maximum atomic E-state index is 15.0. The third-order valence-corrected chi connectivity index (χ3v) is 6.70. The first-order chi connectivity index (χ1) is 17.0. The number of Topliss-reactive ketones (excluding diaryl/α,β-unsaturated/α-hetero) is 1. The second-order valence-electron chi connectivity index (χ2n) is 9.38. The van der Waals surface area contributed by atoms with Crippen LogP contribution in [0.2, 0.25) is 5.02 Å². The molecule has 0 aliphatic carbocycles.